The Bertz CT molecular complexity index is 490. The molecule has 0 aromatic heterocycles. The lowest BCUT2D eigenvalue weighted by atomic mass is 9.84. The molecule has 0 radical (unpaired) electrons. The molecule has 1 fully saturated rings. The molecule has 2 rings (SSSR count). The predicted molar refractivity (Wildman–Crippen MR) is 97.6 cm³/mol. The number of methoxy groups -OCH3 is 1. The van der Waals surface area contributed by atoms with Crippen LogP contribution in [0.3, 0.4) is 0 Å². The van der Waals surface area contributed by atoms with Crippen LogP contribution >= 0.6 is 12.4 Å². The molecule has 0 spiro atoms. The number of nitrogens with one attached hydrogen (secondary N) is 2. The second-order valence-electron chi connectivity index (χ2n) is 6.36. The van der Waals surface area contributed by atoms with Gasteiger partial charge < -0.3 is 20.5 Å². The van der Waals surface area contributed by atoms with Gasteiger partial charge in [0, 0.05) is 13.0 Å². The number of aliphatic hydroxyl groups is 1. The van der Waals surface area contributed by atoms with Gasteiger partial charge >= 0.3 is 0 Å². The van der Waals surface area contributed by atoms with Crippen LogP contribution in [0.5, 0.6) is 5.75 Å². The molecule has 2 atom stereocenters. The van der Waals surface area contributed by atoms with Crippen molar-refractivity contribution in [3.63, 3.8) is 0 Å². The summed E-state index contributed by atoms with van der Waals surface area (Å²) >= 11 is 0. The van der Waals surface area contributed by atoms with Crippen molar-refractivity contribution in [2.45, 2.75) is 32.3 Å². The SMILES string of the molecule is COc1ccc(C(O)CNC(=O)CC(C)C2CCNCC2)cc1.Cl. The van der Waals surface area contributed by atoms with E-state index in [1.54, 1.807) is 19.2 Å². The summed E-state index contributed by atoms with van der Waals surface area (Å²) in [4.78, 5) is 12.1. The summed E-state index contributed by atoms with van der Waals surface area (Å²) in [5, 5.41) is 16.3. The van der Waals surface area contributed by atoms with Gasteiger partial charge in [-0.1, -0.05) is 19.1 Å². The van der Waals surface area contributed by atoms with Crippen molar-refractivity contribution >= 4 is 18.3 Å². The number of carbonyl (C=O) groups is 1. The molecular weight excluding hydrogens is 328 g/mol. The van der Waals surface area contributed by atoms with E-state index >= 15 is 0 Å². The van der Waals surface area contributed by atoms with Crippen molar-refractivity contribution in [2.24, 2.45) is 11.8 Å². The average Bonchev–Trinajstić information content (AvgIpc) is 2.60. The lowest BCUT2D eigenvalue weighted by molar-refractivity contribution is -0.122. The summed E-state index contributed by atoms with van der Waals surface area (Å²) in [6.07, 6.45) is 2.12. The maximum Gasteiger partial charge on any atom is 0.220 e. The van der Waals surface area contributed by atoms with E-state index in [9.17, 15) is 9.90 Å². The van der Waals surface area contributed by atoms with Crippen LogP contribution in [0.2, 0.25) is 0 Å². The monoisotopic (exact) mass is 356 g/mol. The largest absolute Gasteiger partial charge is 0.497 e. The zero-order valence-electron chi connectivity index (χ0n) is 14.5. The minimum Gasteiger partial charge on any atom is -0.497 e. The van der Waals surface area contributed by atoms with Gasteiger partial charge in [0.05, 0.1) is 13.2 Å². The highest BCUT2D eigenvalue weighted by Crippen LogP contribution is 2.24. The fourth-order valence-corrected chi connectivity index (χ4v) is 3.10. The number of rotatable bonds is 7. The van der Waals surface area contributed by atoms with E-state index in [4.69, 9.17) is 4.74 Å². The number of carbonyl (C=O) groups excluding carboxylic acids is 1. The Morgan fingerprint density at radius 1 is 1.33 bits per heavy atom. The van der Waals surface area contributed by atoms with Gasteiger partial charge in [0.1, 0.15) is 5.75 Å². The first-order valence-electron chi connectivity index (χ1n) is 8.39. The van der Waals surface area contributed by atoms with Gasteiger partial charge in [-0.3, -0.25) is 4.79 Å². The Labute approximate surface area is 150 Å². The van der Waals surface area contributed by atoms with Crippen molar-refractivity contribution in [2.75, 3.05) is 26.7 Å². The summed E-state index contributed by atoms with van der Waals surface area (Å²) in [7, 11) is 1.61. The Morgan fingerprint density at radius 2 is 1.96 bits per heavy atom. The highest BCUT2D eigenvalue weighted by molar-refractivity contribution is 5.85. The van der Waals surface area contributed by atoms with Crippen molar-refractivity contribution in [3.8, 4) is 5.75 Å². The normalized spacial score (nSPS) is 17.5. The van der Waals surface area contributed by atoms with Crippen LogP contribution in [0.1, 0.15) is 37.9 Å². The van der Waals surface area contributed by atoms with Crippen LogP contribution < -0.4 is 15.4 Å². The number of amides is 1. The van der Waals surface area contributed by atoms with Gasteiger partial charge in [-0.2, -0.15) is 0 Å². The molecule has 0 saturated carbocycles. The van der Waals surface area contributed by atoms with E-state index in [0.717, 1.165) is 37.2 Å². The molecule has 1 aromatic rings. The summed E-state index contributed by atoms with van der Waals surface area (Å²) in [6.45, 7) is 4.49. The molecule has 1 amide bonds. The van der Waals surface area contributed by atoms with Crippen molar-refractivity contribution in [1.29, 1.82) is 0 Å². The van der Waals surface area contributed by atoms with E-state index in [1.165, 1.54) is 0 Å². The minimum absolute atomic E-state index is 0. The first-order valence-corrected chi connectivity index (χ1v) is 8.39. The Morgan fingerprint density at radius 3 is 2.54 bits per heavy atom. The van der Waals surface area contributed by atoms with Gasteiger partial charge in [-0.25, -0.2) is 0 Å². The van der Waals surface area contributed by atoms with Crippen molar-refractivity contribution < 1.29 is 14.6 Å². The number of hydrogen-bond acceptors (Lipinski definition) is 4. The van der Waals surface area contributed by atoms with Gasteiger partial charge in [0.2, 0.25) is 5.91 Å². The van der Waals surface area contributed by atoms with Crippen molar-refractivity contribution in [3.05, 3.63) is 29.8 Å². The van der Waals surface area contributed by atoms with Crippen LogP contribution in [0, 0.1) is 11.8 Å². The van der Waals surface area contributed by atoms with Crippen LogP contribution in [-0.4, -0.2) is 37.8 Å². The molecule has 0 aliphatic carbocycles. The second kappa shape index (κ2) is 10.5. The number of piperidine rings is 1. The quantitative estimate of drug-likeness (QED) is 0.701. The van der Waals surface area contributed by atoms with E-state index in [2.05, 4.69) is 17.6 Å². The topological polar surface area (TPSA) is 70.6 Å². The zero-order chi connectivity index (χ0) is 16.7. The second-order valence-corrected chi connectivity index (χ2v) is 6.36. The molecule has 1 aliphatic heterocycles. The number of ether oxygens (including phenoxy) is 1. The fraction of sp³-hybridized carbons (Fsp3) is 0.611. The zero-order valence-corrected chi connectivity index (χ0v) is 15.3. The fourth-order valence-electron chi connectivity index (χ4n) is 3.10. The Hall–Kier alpha value is -1.30. The lowest BCUT2D eigenvalue weighted by Crippen LogP contribution is -2.34. The maximum absolute atomic E-state index is 12.1. The van der Waals surface area contributed by atoms with Gasteiger partial charge in [0.15, 0.2) is 0 Å². The average molecular weight is 357 g/mol. The molecule has 0 bridgehead atoms. The molecule has 5 nitrogen and oxygen atoms in total. The van der Waals surface area contributed by atoms with Gasteiger partial charge in [0.25, 0.3) is 0 Å². The Kier molecular flexibility index (Phi) is 9.11. The summed E-state index contributed by atoms with van der Waals surface area (Å²) in [6, 6.07) is 7.24. The van der Waals surface area contributed by atoms with Crippen LogP contribution in [0.15, 0.2) is 24.3 Å². The third kappa shape index (κ3) is 6.30. The smallest absolute Gasteiger partial charge is 0.220 e. The molecular formula is C18H29ClN2O3. The molecule has 1 aliphatic rings. The third-order valence-corrected chi connectivity index (χ3v) is 4.69. The van der Waals surface area contributed by atoms with E-state index in [1.807, 2.05) is 12.1 Å². The standard InChI is InChI=1S/C18H28N2O3.ClH/c1-13(14-7-9-19-10-8-14)11-18(22)20-12-17(21)15-3-5-16(23-2)6-4-15;/h3-6,13-14,17,19,21H,7-12H2,1-2H3,(H,20,22);1H. The summed E-state index contributed by atoms with van der Waals surface area (Å²) < 4.78 is 5.09. The van der Waals surface area contributed by atoms with Crippen LogP contribution in [0.25, 0.3) is 0 Å². The highest BCUT2D eigenvalue weighted by Gasteiger charge is 2.22. The van der Waals surface area contributed by atoms with E-state index in [0.29, 0.717) is 18.3 Å². The molecule has 1 saturated heterocycles. The summed E-state index contributed by atoms with van der Waals surface area (Å²) in [5.74, 6) is 1.77. The molecule has 6 heteroatoms. The Balaban J connectivity index is 0.00000288. The first kappa shape index (κ1) is 20.7. The highest BCUT2D eigenvalue weighted by atomic mass is 35.5. The molecule has 24 heavy (non-hydrogen) atoms. The molecule has 1 heterocycles. The van der Waals surface area contributed by atoms with Crippen molar-refractivity contribution in [1.82, 2.24) is 10.6 Å². The first-order chi connectivity index (χ1) is 11.1. The maximum atomic E-state index is 12.1. The van der Waals surface area contributed by atoms with Crippen LogP contribution in [0.4, 0.5) is 0 Å². The van der Waals surface area contributed by atoms with Gasteiger partial charge in [-0.05, 0) is 55.5 Å². The van der Waals surface area contributed by atoms with Crippen LogP contribution in [-0.2, 0) is 4.79 Å². The number of benzene rings is 1. The van der Waals surface area contributed by atoms with E-state index < -0.39 is 6.10 Å². The number of hydrogen-bond donors (Lipinski definition) is 3. The molecule has 1 aromatic carbocycles. The minimum atomic E-state index is -0.695. The molecule has 136 valence electrons. The predicted octanol–water partition coefficient (Wildman–Crippen LogP) is 2.29. The lowest BCUT2D eigenvalue weighted by Gasteiger charge is -2.28. The van der Waals surface area contributed by atoms with Gasteiger partial charge in [-0.15, -0.1) is 12.4 Å². The number of halogens is 1. The van der Waals surface area contributed by atoms with E-state index in [-0.39, 0.29) is 24.9 Å². The molecule has 3 N–H and O–H groups in total. The number of aliphatic hydroxyl groups excluding tert-OH is 1. The molecule has 2 unspecified atom stereocenters. The third-order valence-electron chi connectivity index (χ3n) is 4.69. The summed E-state index contributed by atoms with van der Waals surface area (Å²) in [5.41, 5.74) is 0.775.